The number of piperidine rings is 1. The normalized spacial score (nSPS) is 17.2. The topological polar surface area (TPSA) is 88.2 Å². The molecule has 1 N–H and O–H groups in total. The average molecular weight is 350 g/mol. The number of nitrogens with zero attached hydrogens (tertiary/aromatic N) is 3. The van der Waals surface area contributed by atoms with Gasteiger partial charge >= 0.3 is 6.01 Å². The predicted molar refractivity (Wildman–Crippen MR) is 96.2 cm³/mol. The number of pyridine rings is 1. The van der Waals surface area contributed by atoms with Gasteiger partial charge in [-0.05, 0) is 25.0 Å². The molecule has 7 heteroatoms. The molecular weight excluding hydrogens is 332 g/mol. The molecule has 1 fully saturated rings. The van der Waals surface area contributed by atoms with Crippen LogP contribution < -0.4 is 10.3 Å². The number of rotatable bonds is 3. The van der Waals surface area contributed by atoms with E-state index in [1.807, 2.05) is 18.2 Å². The monoisotopic (exact) mass is 350 g/mol. The standard InChI is InChI=1S/C19H18N4O3/c24-17-11-15(14-6-1-2-7-16(14)22-17)18(25)23-10-3-5-13(12-23)26-19-20-8-4-9-21-19/h1-2,4,6-9,11,13H,3,5,10,12H2,(H,22,24). The van der Waals surface area contributed by atoms with E-state index in [1.165, 1.54) is 6.07 Å². The van der Waals surface area contributed by atoms with E-state index in [4.69, 9.17) is 4.74 Å². The van der Waals surface area contributed by atoms with Crippen molar-refractivity contribution in [3.63, 3.8) is 0 Å². The zero-order valence-corrected chi connectivity index (χ0v) is 14.1. The largest absolute Gasteiger partial charge is 0.458 e. The molecule has 0 radical (unpaired) electrons. The summed E-state index contributed by atoms with van der Waals surface area (Å²) in [6.45, 7) is 1.08. The number of hydrogen-bond acceptors (Lipinski definition) is 5. The molecule has 1 aromatic carbocycles. The van der Waals surface area contributed by atoms with Crippen LogP contribution in [0.3, 0.4) is 0 Å². The first-order valence-electron chi connectivity index (χ1n) is 8.56. The Morgan fingerprint density at radius 3 is 2.85 bits per heavy atom. The second-order valence-electron chi connectivity index (χ2n) is 6.26. The molecule has 0 spiro atoms. The molecule has 1 amide bonds. The molecule has 7 nitrogen and oxygen atoms in total. The van der Waals surface area contributed by atoms with Gasteiger partial charge in [0.25, 0.3) is 5.91 Å². The lowest BCUT2D eigenvalue weighted by Gasteiger charge is -2.32. The average Bonchev–Trinajstić information content (AvgIpc) is 2.68. The van der Waals surface area contributed by atoms with Crippen molar-refractivity contribution in [1.82, 2.24) is 19.9 Å². The summed E-state index contributed by atoms with van der Waals surface area (Å²) >= 11 is 0. The van der Waals surface area contributed by atoms with E-state index in [0.717, 1.165) is 18.2 Å². The number of para-hydroxylation sites is 1. The number of aromatic nitrogens is 3. The summed E-state index contributed by atoms with van der Waals surface area (Å²) in [5.74, 6) is -0.158. The Balaban J connectivity index is 1.57. The van der Waals surface area contributed by atoms with Gasteiger partial charge in [-0.3, -0.25) is 9.59 Å². The van der Waals surface area contributed by atoms with Gasteiger partial charge in [-0.2, -0.15) is 0 Å². The number of fused-ring (bicyclic) bond motifs is 1. The van der Waals surface area contributed by atoms with Crippen LogP contribution in [0.5, 0.6) is 6.01 Å². The number of carbonyl (C=O) groups excluding carboxylic acids is 1. The van der Waals surface area contributed by atoms with E-state index in [9.17, 15) is 9.59 Å². The van der Waals surface area contributed by atoms with Crippen molar-refractivity contribution < 1.29 is 9.53 Å². The van der Waals surface area contributed by atoms with Gasteiger partial charge in [0, 0.05) is 35.9 Å². The summed E-state index contributed by atoms with van der Waals surface area (Å²) < 4.78 is 5.80. The highest BCUT2D eigenvalue weighted by Gasteiger charge is 2.27. The van der Waals surface area contributed by atoms with Crippen LogP contribution in [0.1, 0.15) is 23.2 Å². The fourth-order valence-electron chi connectivity index (χ4n) is 3.27. The molecule has 0 bridgehead atoms. The lowest BCUT2D eigenvalue weighted by Crippen LogP contribution is -2.44. The van der Waals surface area contributed by atoms with Crippen LogP contribution in [-0.2, 0) is 0 Å². The van der Waals surface area contributed by atoms with E-state index in [-0.39, 0.29) is 17.6 Å². The van der Waals surface area contributed by atoms with E-state index in [1.54, 1.807) is 29.4 Å². The Bertz CT molecular complexity index is 987. The van der Waals surface area contributed by atoms with Gasteiger partial charge in [-0.15, -0.1) is 0 Å². The van der Waals surface area contributed by atoms with Crippen molar-refractivity contribution >= 4 is 16.8 Å². The van der Waals surface area contributed by atoms with Gasteiger partial charge in [0.1, 0.15) is 6.10 Å². The zero-order chi connectivity index (χ0) is 17.9. The lowest BCUT2D eigenvalue weighted by atomic mass is 10.0. The van der Waals surface area contributed by atoms with Crippen LogP contribution in [0.2, 0.25) is 0 Å². The van der Waals surface area contributed by atoms with Gasteiger partial charge in [0.05, 0.1) is 12.1 Å². The number of nitrogens with one attached hydrogen (secondary N) is 1. The molecule has 1 aliphatic heterocycles. The minimum atomic E-state index is -0.283. The Hall–Kier alpha value is -3.22. The third-order valence-corrected chi connectivity index (χ3v) is 4.46. The fraction of sp³-hybridized carbons (Fsp3) is 0.263. The van der Waals surface area contributed by atoms with Crippen LogP contribution in [-0.4, -0.2) is 45.0 Å². The number of hydrogen-bond donors (Lipinski definition) is 1. The van der Waals surface area contributed by atoms with E-state index in [0.29, 0.717) is 30.2 Å². The number of H-pyrrole nitrogens is 1. The molecule has 1 saturated heterocycles. The summed E-state index contributed by atoms with van der Waals surface area (Å²) in [7, 11) is 0. The molecule has 1 atom stereocenters. The summed E-state index contributed by atoms with van der Waals surface area (Å²) in [4.78, 5) is 37.6. The molecule has 4 rings (SSSR count). The molecular formula is C19H18N4O3. The SMILES string of the molecule is O=C(c1cc(=O)[nH]c2ccccc12)N1CCCC(Oc2ncccn2)C1. The maximum Gasteiger partial charge on any atom is 0.316 e. The third-order valence-electron chi connectivity index (χ3n) is 4.46. The molecule has 132 valence electrons. The number of aromatic amines is 1. The van der Waals surface area contributed by atoms with Crippen molar-refractivity contribution in [3.05, 3.63) is 64.7 Å². The van der Waals surface area contributed by atoms with Gasteiger partial charge in [-0.25, -0.2) is 9.97 Å². The van der Waals surface area contributed by atoms with Crippen LogP contribution in [0.4, 0.5) is 0 Å². The maximum atomic E-state index is 13.1. The predicted octanol–water partition coefficient (Wildman–Crippen LogP) is 2.00. The second-order valence-corrected chi connectivity index (χ2v) is 6.26. The van der Waals surface area contributed by atoms with Crippen molar-refractivity contribution in [3.8, 4) is 6.01 Å². The first-order chi connectivity index (χ1) is 12.7. The zero-order valence-electron chi connectivity index (χ0n) is 14.1. The van der Waals surface area contributed by atoms with E-state index >= 15 is 0 Å². The van der Waals surface area contributed by atoms with Crippen LogP contribution in [0.15, 0.2) is 53.6 Å². The number of benzene rings is 1. The Morgan fingerprint density at radius 2 is 2.00 bits per heavy atom. The van der Waals surface area contributed by atoms with Crippen molar-refractivity contribution in [2.75, 3.05) is 13.1 Å². The lowest BCUT2D eigenvalue weighted by molar-refractivity contribution is 0.0517. The molecule has 1 unspecified atom stereocenters. The Kier molecular flexibility index (Phi) is 4.35. The van der Waals surface area contributed by atoms with Crippen molar-refractivity contribution in [2.24, 2.45) is 0 Å². The Morgan fingerprint density at radius 1 is 1.19 bits per heavy atom. The highest BCUT2D eigenvalue weighted by atomic mass is 16.5. The molecule has 0 aliphatic carbocycles. The van der Waals surface area contributed by atoms with Crippen molar-refractivity contribution in [1.29, 1.82) is 0 Å². The molecule has 0 saturated carbocycles. The molecule has 3 heterocycles. The molecule has 2 aromatic heterocycles. The highest BCUT2D eigenvalue weighted by molar-refractivity contribution is 6.05. The van der Waals surface area contributed by atoms with Gasteiger partial charge < -0.3 is 14.6 Å². The van der Waals surface area contributed by atoms with Crippen LogP contribution >= 0.6 is 0 Å². The summed E-state index contributed by atoms with van der Waals surface area (Å²) in [5.41, 5.74) is 0.793. The van der Waals surface area contributed by atoms with Crippen LogP contribution in [0.25, 0.3) is 10.9 Å². The van der Waals surface area contributed by atoms with Gasteiger partial charge in [-0.1, -0.05) is 18.2 Å². The molecule has 26 heavy (non-hydrogen) atoms. The second kappa shape index (κ2) is 6.95. The molecule has 1 aliphatic rings. The molecule has 3 aromatic rings. The number of carbonyl (C=O) groups is 1. The summed E-state index contributed by atoms with van der Waals surface area (Å²) in [6, 6.07) is 10.7. The first-order valence-corrected chi connectivity index (χ1v) is 8.56. The summed E-state index contributed by atoms with van der Waals surface area (Å²) in [5, 5.41) is 0.742. The fourth-order valence-corrected chi connectivity index (χ4v) is 3.27. The van der Waals surface area contributed by atoms with Gasteiger partial charge in [0.15, 0.2) is 0 Å². The minimum Gasteiger partial charge on any atom is -0.458 e. The van der Waals surface area contributed by atoms with E-state index < -0.39 is 0 Å². The highest BCUT2D eigenvalue weighted by Crippen LogP contribution is 2.20. The van der Waals surface area contributed by atoms with E-state index in [2.05, 4.69) is 15.0 Å². The number of likely N-dealkylation sites (tertiary alicyclic amines) is 1. The smallest absolute Gasteiger partial charge is 0.316 e. The number of amides is 1. The summed E-state index contributed by atoms with van der Waals surface area (Å²) in [6.07, 6.45) is 4.73. The van der Waals surface area contributed by atoms with Crippen molar-refractivity contribution in [2.45, 2.75) is 18.9 Å². The quantitative estimate of drug-likeness (QED) is 0.780. The first kappa shape index (κ1) is 16.3. The Labute approximate surface area is 149 Å². The maximum absolute atomic E-state index is 13.1. The number of ether oxygens (including phenoxy) is 1. The van der Waals surface area contributed by atoms with Crippen LogP contribution in [0, 0.1) is 0 Å². The minimum absolute atomic E-state index is 0.158. The van der Waals surface area contributed by atoms with Gasteiger partial charge in [0.2, 0.25) is 5.56 Å². The third kappa shape index (κ3) is 3.28.